The number of ether oxygens (including phenoxy) is 4. The molecule has 142 valence electrons. The van der Waals surface area contributed by atoms with Crippen LogP contribution in [0, 0.1) is 5.92 Å². The molecule has 0 spiro atoms. The first kappa shape index (κ1) is 17.6. The highest BCUT2D eigenvalue weighted by Gasteiger charge is 2.31. The van der Waals surface area contributed by atoms with Gasteiger partial charge in [0.25, 0.3) is 5.91 Å². The van der Waals surface area contributed by atoms with Crippen LogP contribution in [-0.2, 0) is 9.47 Å². The topological polar surface area (TPSA) is 69.3 Å². The molecule has 2 unspecified atom stereocenters. The molecule has 0 bridgehead atoms. The maximum atomic E-state index is 12.7. The van der Waals surface area contributed by atoms with Crippen LogP contribution in [0.4, 0.5) is 0 Å². The van der Waals surface area contributed by atoms with Gasteiger partial charge < -0.3 is 24.3 Å². The summed E-state index contributed by atoms with van der Waals surface area (Å²) >= 11 is 0. The predicted octanol–water partition coefficient (Wildman–Crippen LogP) is 0.925. The highest BCUT2D eigenvalue weighted by molar-refractivity contribution is 5.94. The Morgan fingerprint density at radius 1 is 1.08 bits per heavy atom. The van der Waals surface area contributed by atoms with Crippen molar-refractivity contribution >= 4 is 5.91 Å². The summed E-state index contributed by atoms with van der Waals surface area (Å²) in [6, 6.07) is 5.62. The molecule has 7 nitrogen and oxygen atoms in total. The van der Waals surface area contributed by atoms with E-state index in [1.54, 1.807) is 18.2 Å². The van der Waals surface area contributed by atoms with Crippen molar-refractivity contribution in [2.75, 3.05) is 59.3 Å². The van der Waals surface area contributed by atoms with Crippen LogP contribution in [-0.4, -0.2) is 76.1 Å². The summed E-state index contributed by atoms with van der Waals surface area (Å²) in [5.74, 6) is 1.70. The average Bonchev–Trinajstić information content (AvgIpc) is 3.23. The average molecular weight is 362 g/mol. The number of carbonyl (C=O) groups is 1. The van der Waals surface area contributed by atoms with Crippen LogP contribution < -0.4 is 14.8 Å². The van der Waals surface area contributed by atoms with Crippen molar-refractivity contribution in [3.8, 4) is 11.5 Å². The van der Waals surface area contributed by atoms with E-state index in [0.717, 1.165) is 45.9 Å². The first-order valence-corrected chi connectivity index (χ1v) is 9.38. The molecule has 2 fully saturated rings. The summed E-state index contributed by atoms with van der Waals surface area (Å²) in [5, 5.41) is 3.11. The zero-order valence-electron chi connectivity index (χ0n) is 14.9. The van der Waals surface area contributed by atoms with Crippen LogP contribution in [0.3, 0.4) is 0 Å². The van der Waals surface area contributed by atoms with Gasteiger partial charge in [-0.3, -0.25) is 9.69 Å². The molecule has 7 heteroatoms. The Morgan fingerprint density at radius 2 is 1.88 bits per heavy atom. The lowest BCUT2D eigenvalue weighted by molar-refractivity contribution is 0.00166. The molecular weight excluding hydrogens is 336 g/mol. The lowest BCUT2D eigenvalue weighted by Gasteiger charge is -2.37. The second kappa shape index (κ2) is 8.24. The van der Waals surface area contributed by atoms with Gasteiger partial charge in [-0.25, -0.2) is 0 Å². The van der Waals surface area contributed by atoms with Gasteiger partial charge in [0, 0.05) is 43.8 Å². The van der Waals surface area contributed by atoms with E-state index in [1.165, 1.54) is 0 Å². The molecule has 2 saturated heterocycles. The molecule has 3 aliphatic heterocycles. The molecule has 3 aliphatic rings. The number of morpholine rings is 1. The van der Waals surface area contributed by atoms with Gasteiger partial charge in [-0.2, -0.15) is 0 Å². The monoisotopic (exact) mass is 362 g/mol. The number of nitrogens with zero attached hydrogens (tertiary/aromatic N) is 1. The summed E-state index contributed by atoms with van der Waals surface area (Å²) < 4.78 is 22.1. The van der Waals surface area contributed by atoms with E-state index < -0.39 is 0 Å². The standard InChI is InChI=1S/C19H26N2O5/c22-19(14-1-2-17-18(11-14)26-10-9-25-17)20-12-16(15-3-6-24-13-15)21-4-7-23-8-5-21/h1-2,11,15-16H,3-10,12-13H2,(H,20,22). The first-order chi connectivity index (χ1) is 12.8. The zero-order valence-corrected chi connectivity index (χ0v) is 14.9. The van der Waals surface area contributed by atoms with Gasteiger partial charge in [-0.05, 0) is 24.6 Å². The van der Waals surface area contributed by atoms with E-state index in [9.17, 15) is 4.79 Å². The predicted molar refractivity (Wildman–Crippen MR) is 94.9 cm³/mol. The van der Waals surface area contributed by atoms with Crippen LogP contribution >= 0.6 is 0 Å². The summed E-state index contributed by atoms with van der Waals surface area (Å²) in [6.07, 6.45) is 1.04. The van der Waals surface area contributed by atoms with Gasteiger partial charge in [-0.15, -0.1) is 0 Å². The Bertz CT molecular complexity index is 626. The maximum Gasteiger partial charge on any atom is 0.251 e. The molecule has 0 radical (unpaired) electrons. The smallest absolute Gasteiger partial charge is 0.251 e. The SMILES string of the molecule is O=C(NCC(C1CCOC1)N1CCOCC1)c1ccc2c(c1)OCCO2. The molecule has 3 heterocycles. The summed E-state index contributed by atoms with van der Waals surface area (Å²) in [4.78, 5) is 15.1. The molecule has 0 aromatic heterocycles. The van der Waals surface area contributed by atoms with E-state index >= 15 is 0 Å². The minimum absolute atomic E-state index is 0.0841. The van der Waals surface area contributed by atoms with Gasteiger partial charge >= 0.3 is 0 Å². The van der Waals surface area contributed by atoms with Crippen molar-refractivity contribution < 1.29 is 23.7 Å². The fourth-order valence-electron chi connectivity index (χ4n) is 3.84. The minimum atomic E-state index is -0.0841. The molecule has 2 atom stereocenters. The van der Waals surface area contributed by atoms with Crippen molar-refractivity contribution in [1.29, 1.82) is 0 Å². The second-order valence-electron chi connectivity index (χ2n) is 6.91. The lowest BCUT2D eigenvalue weighted by Crippen LogP contribution is -2.52. The van der Waals surface area contributed by atoms with Crippen LogP contribution in [0.25, 0.3) is 0 Å². The summed E-state index contributed by atoms with van der Waals surface area (Å²) in [5.41, 5.74) is 0.595. The zero-order chi connectivity index (χ0) is 17.8. The van der Waals surface area contributed by atoms with Gasteiger partial charge in [0.15, 0.2) is 11.5 Å². The van der Waals surface area contributed by atoms with Gasteiger partial charge in [0.05, 0.1) is 19.8 Å². The molecule has 1 amide bonds. The molecule has 0 saturated carbocycles. The van der Waals surface area contributed by atoms with E-state index in [-0.39, 0.29) is 11.9 Å². The largest absolute Gasteiger partial charge is 0.486 e. The van der Waals surface area contributed by atoms with Crippen molar-refractivity contribution in [3.05, 3.63) is 23.8 Å². The molecule has 1 aromatic carbocycles. The maximum absolute atomic E-state index is 12.7. The number of nitrogens with one attached hydrogen (secondary N) is 1. The minimum Gasteiger partial charge on any atom is -0.486 e. The van der Waals surface area contributed by atoms with Crippen molar-refractivity contribution in [2.45, 2.75) is 12.5 Å². The van der Waals surface area contributed by atoms with Crippen molar-refractivity contribution in [3.63, 3.8) is 0 Å². The molecular formula is C19H26N2O5. The van der Waals surface area contributed by atoms with Crippen LogP contribution in [0.15, 0.2) is 18.2 Å². The number of hydrogen-bond acceptors (Lipinski definition) is 6. The van der Waals surface area contributed by atoms with Gasteiger partial charge in [-0.1, -0.05) is 0 Å². The normalized spacial score (nSPS) is 24.2. The number of carbonyl (C=O) groups excluding carboxylic acids is 1. The third-order valence-corrected chi connectivity index (χ3v) is 5.30. The van der Waals surface area contributed by atoms with Crippen molar-refractivity contribution in [1.82, 2.24) is 10.2 Å². The number of hydrogen-bond donors (Lipinski definition) is 1. The number of fused-ring (bicyclic) bond motifs is 1. The highest BCUT2D eigenvalue weighted by atomic mass is 16.6. The quantitative estimate of drug-likeness (QED) is 0.840. The van der Waals surface area contributed by atoms with E-state index in [4.69, 9.17) is 18.9 Å². The summed E-state index contributed by atoms with van der Waals surface area (Å²) in [6.45, 7) is 6.55. The molecule has 0 aliphatic carbocycles. The van der Waals surface area contributed by atoms with Gasteiger partial charge in [0.1, 0.15) is 13.2 Å². The van der Waals surface area contributed by atoms with Crippen molar-refractivity contribution in [2.24, 2.45) is 5.92 Å². The molecule has 4 rings (SSSR count). The van der Waals surface area contributed by atoms with E-state index in [0.29, 0.717) is 42.7 Å². The molecule has 1 aromatic rings. The fourth-order valence-corrected chi connectivity index (χ4v) is 3.84. The van der Waals surface area contributed by atoms with Gasteiger partial charge in [0.2, 0.25) is 0 Å². The van der Waals surface area contributed by atoms with Crippen LogP contribution in [0.5, 0.6) is 11.5 Å². The molecule has 26 heavy (non-hydrogen) atoms. The third-order valence-electron chi connectivity index (χ3n) is 5.30. The van der Waals surface area contributed by atoms with E-state index in [2.05, 4.69) is 10.2 Å². The Hall–Kier alpha value is -1.83. The second-order valence-corrected chi connectivity index (χ2v) is 6.91. The lowest BCUT2D eigenvalue weighted by atomic mass is 9.96. The molecule has 1 N–H and O–H groups in total. The third kappa shape index (κ3) is 3.95. The Labute approximate surface area is 153 Å². The number of amides is 1. The van der Waals surface area contributed by atoms with Crippen LogP contribution in [0.1, 0.15) is 16.8 Å². The Morgan fingerprint density at radius 3 is 2.65 bits per heavy atom. The highest BCUT2D eigenvalue weighted by Crippen LogP contribution is 2.30. The number of rotatable bonds is 5. The van der Waals surface area contributed by atoms with E-state index in [1.807, 2.05) is 0 Å². The fraction of sp³-hybridized carbons (Fsp3) is 0.632. The van der Waals surface area contributed by atoms with Crippen LogP contribution in [0.2, 0.25) is 0 Å². The Balaban J connectivity index is 1.40. The first-order valence-electron chi connectivity index (χ1n) is 9.38. The number of benzene rings is 1. The summed E-state index contributed by atoms with van der Waals surface area (Å²) in [7, 11) is 0. The Kier molecular flexibility index (Phi) is 5.57.